The Morgan fingerprint density at radius 2 is 1.92 bits per heavy atom. The highest BCUT2D eigenvalue weighted by Gasteiger charge is 2.26. The number of carbonyl (C=O) groups is 2. The summed E-state index contributed by atoms with van der Waals surface area (Å²) in [6, 6.07) is 5.89. The predicted molar refractivity (Wildman–Crippen MR) is 93.6 cm³/mol. The van der Waals surface area contributed by atoms with Gasteiger partial charge >= 0.3 is 0 Å². The average Bonchev–Trinajstić information content (AvgIpc) is 2.52. The van der Waals surface area contributed by atoms with E-state index in [-0.39, 0.29) is 48.4 Å². The number of amides is 2. The molecule has 1 fully saturated rings. The number of nitrogens with one attached hydrogen (secondary N) is 3. The molecule has 5 nitrogen and oxygen atoms in total. The number of rotatable bonds is 6. The van der Waals surface area contributed by atoms with Gasteiger partial charge in [0.1, 0.15) is 5.82 Å². The third kappa shape index (κ3) is 6.84. The first-order chi connectivity index (χ1) is 11.0. The first-order valence-electron chi connectivity index (χ1n) is 7.95. The van der Waals surface area contributed by atoms with Crippen LogP contribution in [0.4, 0.5) is 4.39 Å². The highest BCUT2D eigenvalue weighted by atomic mass is 35.5. The van der Waals surface area contributed by atoms with Gasteiger partial charge in [0, 0.05) is 6.54 Å². The maximum absolute atomic E-state index is 13.0. The van der Waals surface area contributed by atoms with Crippen LogP contribution in [0.25, 0.3) is 0 Å². The van der Waals surface area contributed by atoms with Gasteiger partial charge in [0.25, 0.3) is 0 Å². The fourth-order valence-electron chi connectivity index (χ4n) is 2.66. The third-order valence-electron chi connectivity index (χ3n) is 4.22. The largest absolute Gasteiger partial charge is 0.354 e. The molecule has 0 radical (unpaired) electrons. The minimum Gasteiger partial charge on any atom is -0.354 e. The van der Waals surface area contributed by atoms with Crippen LogP contribution in [-0.2, 0) is 16.0 Å². The number of hydrogen-bond acceptors (Lipinski definition) is 3. The molecule has 3 N–H and O–H groups in total. The Bertz CT molecular complexity index is 563. The second kappa shape index (κ2) is 9.59. The Kier molecular flexibility index (Phi) is 8.15. The van der Waals surface area contributed by atoms with Crippen LogP contribution in [0, 0.1) is 11.2 Å². The maximum Gasteiger partial charge on any atom is 0.239 e. The van der Waals surface area contributed by atoms with Crippen molar-refractivity contribution in [3.8, 4) is 0 Å². The van der Waals surface area contributed by atoms with Crippen molar-refractivity contribution in [1.82, 2.24) is 16.0 Å². The average molecular weight is 358 g/mol. The Hall–Kier alpha value is -1.66. The molecule has 0 aliphatic carbocycles. The molecule has 134 valence electrons. The number of hydrogen-bond donors (Lipinski definition) is 3. The lowest BCUT2D eigenvalue weighted by Crippen LogP contribution is -2.45. The molecule has 2 rings (SSSR count). The lowest BCUT2D eigenvalue weighted by atomic mass is 9.81. The van der Waals surface area contributed by atoms with Gasteiger partial charge < -0.3 is 16.0 Å². The molecule has 7 heteroatoms. The second-order valence-corrected chi connectivity index (χ2v) is 6.42. The fourth-order valence-corrected chi connectivity index (χ4v) is 2.66. The van der Waals surface area contributed by atoms with Gasteiger partial charge in [-0.2, -0.15) is 0 Å². The zero-order valence-corrected chi connectivity index (χ0v) is 14.7. The molecule has 2 amide bonds. The maximum atomic E-state index is 13.0. The van der Waals surface area contributed by atoms with E-state index in [1.165, 1.54) is 12.1 Å². The molecule has 1 aromatic carbocycles. The first kappa shape index (κ1) is 20.4. The van der Waals surface area contributed by atoms with Gasteiger partial charge in [0.2, 0.25) is 11.8 Å². The molecule has 0 bridgehead atoms. The topological polar surface area (TPSA) is 70.2 Å². The van der Waals surface area contributed by atoms with E-state index in [0.717, 1.165) is 25.9 Å². The van der Waals surface area contributed by atoms with Crippen LogP contribution in [0.3, 0.4) is 0 Å². The van der Waals surface area contributed by atoms with Crippen LogP contribution >= 0.6 is 12.4 Å². The van der Waals surface area contributed by atoms with Gasteiger partial charge in [-0.05, 0) is 49.0 Å². The van der Waals surface area contributed by atoms with Crippen LogP contribution < -0.4 is 16.0 Å². The monoisotopic (exact) mass is 357 g/mol. The Balaban J connectivity index is 0.00000288. The first-order valence-corrected chi connectivity index (χ1v) is 7.95. The number of carbonyl (C=O) groups excluding carboxylic acids is 2. The quantitative estimate of drug-likeness (QED) is 0.721. The van der Waals surface area contributed by atoms with E-state index in [4.69, 9.17) is 0 Å². The van der Waals surface area contributed by atoms with Gasteiger partial charge in [-0.3, -0.25) is 9.59 Å². The Morgan fingerprint density at radius 1 is 1.21 bits per heavy atom. The molecule has 1 aliphatic heterocycles. The summed E-state index contributed by atoms with van der Waals surface area (Å²) in [4.78, 5) is 23.6. The van der Waals surface area contributed by atoms with Crippen molar-refractivity contribution >= 4 is 24.2 Å². The predicted octanol–water partition coefficient (Wildman–Crippen LogP) is 1.41. The summed E-state index contributed by atoms with van der Waals surface area (Å²) in [5.41, 5.74) is 0.706. The van der Waals surface area contributed by atoms with Crippen LogP contribution in [0.5, 0.6) is 0 Å². The van der Waals surface area contributed by atoms with E-state index in [1.807, 2.05) is 0 Å². The summed E-state index contributed by atoms with van der Waals surface area (Å²) in [6.45, 7) is 4.67. The second-order valence-electron chi connectivity index (χ2n) is 6.42. The van der Waals surface area contributed by atoms with Crippen molar-refractivity contribution in [3.05, 3.63) is 35.6 Å². The van der Waals surface area contributed by atoms with Crippen molar-refractivity contribution in [2.24, 2.45) is 5.41 Å². The fraction of sp³-hybridized carbons (Fsp3) is 0.529. The molecule has 0 saturated carbocycles. The summed E-state index contributed by atoms with van der Waals surface area (Å²) in [5, 5.41) is 8.74. The molecule has 0 atom stereocenters. The molecule has 1 aromatic rings. The van der Waals surface area contributed by atoms with Gasteiger partial charge in [-0.15, -0.1) is 12.4 Å². The van der Waals surface area contributed by atoms with E-state index in [1.54, 1.807) is 12.1 Å². The number of halogens is 2. The van der Waals surface area contributed by atoms with Crippen LogP contribution in [0.2, 0.25) is 0 Å². The molecule has 24 heavy (non-hydrogen) atoms. The van der Waals surface area contributed by atoms with Crippen molar-refractivity contribution in [2.75, 3.05) is 26.2 Å². The van der Waals surface area contributed by atoms with E-state index >= 15 is 0 Å². The minimum absolute atomic E-state index is 0. The minimum atomic E-state index is -0.372. The van der Waals surface area contributed by atoms with Crippen molar-refractivity contribution in [1.29, 1.82) is 0 Å². The van der Waals surface area contributed by atoms with Crippen LogP contribution in [0.15, 0.2) is 24.3 Å². The molecule has 0 spiro atoms. The van der Waals surface area contributed by atoms with Gasteiger partial charge in [0.05, 0.1) is 13.0 Å². The van der Waals surface area contributed by atoms with E-state index in [9.17, 15) is 14.0 Å². The molecule has 1 heterocycles. The van der Waals surface area contributed by atoms with Crippen LogP contribution in [0.1, 0.15) is 25.3 Å². The molecular weight excluding hydrogens is 333 g/mol. The van der Waals surface area contributed by atoms with Crippen LogP contribution in [-0.4, -0.2) is 38.0 Å². The Labute approximate surface area is 148 Å². The highest BCUT2D eigenvalue weighted by Crippen LogP contribution is 2.26. The summed E-state index contributed by atoms with van der Waals surface area (Å²) < 4.78 is 13.0. The summed E-state index contributed by atoms with van der Waals surface area (Å²) in [7, 11) is 0. The Morgan fingerprint density at radius 3 is 2.58 bits per heavy atom. The van der Waals surface area contributed by atoms with E-state index in [2.05, 4.69) is 22.9 Å². The molecule has 1 aliphatic rings. The summed E-state index contributed by atoms with van der Waals surface area (Å²) >= 11 is 0. The molecule has 0 aromatic heterocycles. The zero-order valence-electron chi connectivity index (χ0n) is 13.9. The SMILES string of the molecule is CC1(CNC(=O)CNC(=O)Cc2cccc(F)c2)CCNCC1.Cl. The highest BCUT2D eigenvalue weighted by molar-refractivity contribution is 5.86. The summed E-state index contributed by atoms with van der Waals surface area (Å²) in [6.07, 6.45) is 2.12. The van der Waals surface area contributed by atoms with Crippen molar-refractivity contribution in [3.63, 3.8) is 0 Å². The van der Waals surface area contributed by atoms with Gasteiger partial charge in [0.15, 0.2) is 0 Å². The third-order valence-corrected chi connectivity index (χ3v) is 4.22. The van der Waals surface area contributed by atoms with E-state index < -0.39 is 0 Å². The van der Waals surface area contributed by atoms with Gasteiger partial charge in [-0.1, -0.05) is 19.1 Å². The lowest BCUT2D eigenvalue weighted by Gasteiger charge is -2.34. The molecule has 1 saturated heterocycles. The summed E-state index contributed by atoms with van der Waals surface area (Å²) in [5.74, 6) is -0.862. The van der Waals surface area contributed by atoms with E-state index in [0.29, 0.717) is 12.1 Å². The van der Waals surface area contributed by atoms with Crippen molar-refractivity contribution in [2.45, 2.75) is 26.2 Å². The van der Waals surface area contributed by atoms with Crippen molar-refractivity contribution < 1.29 is 14.0 Å². The molecular formula is C17H25ClFN3O2. The van der Waals surface area contributed by atoms with Gasteiger partial charge in [-0.25, -0.2) is 4.39 Å². The molecule has 0 unspecified atom stereocenters. The smallest absolute Gasteiger partial charge is 0.239 e. The zero-order chi connectivity index (χ0) is 16.7. The lowest BCUT2D eigenvalue weighted by molar-refractivity contribution is -0.126. The number of piperidine rings is 1. The standard InChI is InChI=1S/C17H24FN3O2.ClH/c1-17(5-7-19-8-6-17)12-21-16(23)11-20-15(22)10-13-3-2-4-14(18)9-13;/h2-4,9,19H,5-8,10-12H2,1H3,(H,20,22)(H,21,23);1H. The number of benzene rings is 1. The normalized spacial score (nSPS) is 15.9.